The van der Waals surface area contributed by atoms with Crippen LogP contribution in [0.4, 0.5) is 4.79 Å². The second-order valence-electron chi connectivity index (χ2n) is 5.40. The lowest BCUT2D eigenvalue weighted by Gasteiger charge is -2.19. The predicted molar refractivity (Wildman–Crippen MR) is 83.5 cm³/mol. The van der Waals surface area contributed by atoms with E-state index >= 15 is 0 Å². The van der Waals surface area contributed by atoms with Crippen LogP contribution in [-0.2, 0) is 17.1 Å². The molecule has 1 atom stereocenters. The molecule has 1 unspecified atom stereocenters. The maximum absolute atomic E-state index is 12.2. The molecular weight excluding hydrogens is 310 g/mol. The van der Waals surface area contributed by atoms with Crippen LogP contribution in [0.1, 0.15) is 43.8 Å². The fourth-order valence-corrected chi connectivity index (χ4v) is 3.33. The number of carbonyl (C=O) groups is 2. The maximum Gasteiger partial charge on any atom is 0.325 e. The number of nitrogens with zero attached hydrogens (tertiary/aromatic N) is 2. The third kappa shape index (κ3) is 3.55. The SMILES string of the molecule is CCC1(C)NC(=O)N(CCCCc2nc(CCl)cs2)C1=O. The van der Waals surface area contributed by atoms with Gasteiger partial charge in [0.15, 0.2) is 0 Å². The first kappa shape index (κ1) is 16.2. The van der Waals surface area contributed by atoms with Gasteiger partial charge in [0.1, 0.15) is 5.54 Å². The summed E-state index contributed by atoms with van der Waals surface area (Å²) in [7, 11) is 0. The number of carbonyl (C=O) groups excluding carboxylic acids is 2. The summed E-state index contributed by atoms with van der Waals surface area (Å²) in [5, 5.41) is 5.78. The topological polar surface area (TPSA) is 62.3 Å². The zero-order valence-electron chi connectivity index (χ0n) is 12.3. The van der Waals surface area contributed by atoms with Crippen molar-refractivity contribution in [2.75, 3.05) is 6.54 Å². The largest absolute Gasteiger partial charge is 0.325 e. The molecule has 7 heteroatoms. The van der Waals surface area contributed by atoms with Gasteiger partial charge in [-0.2, -0.15) is 0 Å². The lowest BCUT2D eigenvalue weighted by molar-refractivity contribution is -0.130. The molecule has 1 aromatic heterocycles. The van der Waals surface area contributed by atoms with E-state index in [0.717, 1.165) is 30.0 Å². The second-order valence-corrected chi connectivity index (χ2v) is 6.61. The van der Waals surface area contributed by atoms with Crippen LogP contribution in [0.15, 0.2) is 5.38 Å². The molecule has 0 spiro atoms. The Morgan fingerprint density at radius 2 is 2.19 bits per heavy atom. The van der Waals surface area contributed by atoms with Crippen molar-refractivity contribution >= 4 is 34.9 Å². The summed E-state index contributed by atoms with van der Waals surface area (Å²) >= 11 is 7.32. The first-order valence-electron chi connectivity index (χ1n) is 7.13. The van der Waals surface area contributed by atoms with E-state index < -0.39 is 5.54 Å². The number of thiazole rings is 1. The first-order chi connectivity index (χ1) is 10.00. The zero-order chi connectivity index (χ0) is 15.5. The summed E-state index contributed by atoms with van der Waals surface area (Å²) < 4.78 is 0. The van der Waals surface area contributed by atoms with E-state index in [0.29, 0.717) is 18.8 Å². The predicted octanol–water partition coefficient (Wildman–Crippen LogP) is 2.93. The van der Waals surface area contributed by atoms with E-state index in [-0.39, 0.29) is 11.9 Å². The Morgan fingerprint density at radius 1 is 1.43 bits per heavy atom. The molecule has 21 heavy (non-hydrogen) atoms. The average Bonchev–Trinajstić information content (AvgIpc) is 3.01. The number of urea groups is 1. The van der Waals surface area contributed by atoms with Crippen LogP contribution in [0.2, 0.25) is 0 Å². The Bertz CT molecular complexity index is 534. The molecule has 0 aromatic carbocycles. The minimum absolute atomic E-state index is 0.117. The Kier molecular flexibility index (Phi) is 5.22. The van der Waals surface area contributed by atoms with Gasteiger partial charge in [0.25, 0.3) is 5.91 Å². The van der Waals surface area contributed by atoms with Crippen molar-refractivity contribution in [1.29, 1.82) is 0 Å². The molecule has 0 saturated carbocycles. The summed E-state index contributed by atoms with van der Waals surface area (Å²) in [5.74, 6) is 0.322. The molecule has 1 fully saturated rings. The van der Waals surface area contributed by atoms with Gasteiger partial charge in [-0.3, -0.25) is 9.69 Å². The maximum atomic E-state index is 12.2. The minimum Gasteiger partial charge on any atom is -0.323 e. The van der Waals surface area contributed by atoms with E-state index in [9.17, 15) is 9.59 Å². The number of aryl methyl sites for hydroxylation is 1. The molecule has 1 saturated heterocycles. The normalized spacial score (nSPS) is 22.0. The highest BCUT2D eigenvalue weighted by Gasteiger charge is 2.45. The summed E-state index contributed by atoms with van der Waals surface area (Å²) in [6.07, 6.45) is 3.15. The Hall–Kier alpha value is -1.14. The molecule has 0 radical (unpaired) electrons. The molecule has 1 aliphatic heterocycles. The van der Waals surface area contributed by atoms with Crippen molar-refractivity contribution in [2.45, 2.75) is 50.9 Å². The van der Waals surface area contributed by atoms with Crippen molar-refractivity contribution in [1.82, 2.24) is 15.2 Å². The van der Waals surface area contributed by atoms with Gasteiger partial charge in [-0.1, -0.05) is 6.92 Å². The number of unbranched alkanes of at least 4 members (excludes halogenated alkanes) is 1. The Labute approximate surface area is 133 Å². The lowest BCUT2D eigenvalue weighted by Crippen LogP contribution is -2.43. The highest BCUT2D eigenvalue weighted by Crippen LogP contribution is 2.21. The highest BCUT2D eigenvalue weighted by atomic mass is 35.5. The van der Waals surface area contributed by atoms with Crippen LogP contribution in [0.3, 0.4) is 0 Å². The van der Waals surface area contributed by atoms with E-state index in [1.165, 1.54) is 4.90 Å². The number of alkyl halides is 1. The number of halogens is 1. The van der Waals surface area contributed by atoms with E-state index in [4.69, 9.17) is 11.6 Å². The Balaban J connectivity index is 1.78. The van der Waals surface area contributed by atoms with Gasteiger partial charge < -0.3 is 5.32 Å². The van der Waals surface area contributed by atoms with Crippen LogP contribution in [0.5, 0.6) is 0 Å². The molecule has 3 amide bonds. The molecule has 2 rings (SSSR count). The number of imide groups is 1. The van der Waals surface area contributed by atoms with Gasteiger partial charge in [0, 0.05) is 11.9 Å². The molecule has 116 valence electrons. The fraction of sp³-hybridized carbons (Fsp3) is 0.643. The standard InChI is InChI=1S/C14H20ClN3O2S/c1-3-14(2)12(19)18(13(20)17-14)7-5-4-6-11-16-10(8-15)9-21-11/h9H,3-8H2,1-2H3,(H,17,20). The van der Waals surface area contributed by atoms with Crippen LogP contribution in [-0.4, -0.2) is 33.9 Å². The van der Waals surface area contributed by atoms with Crippen molar-refractivity contribution in [3.8, 4) is 0 Å². The fourth-order valence-electron chi connectivity index (χ4n) is 2.26. The molecule has 0 aliphatic carbocycles. The zero-order valence-corrected chi connectivity index (χ0v) is 13.9. The van der Waals surface area contributed by atoms with Crippen molar-refractivity contribution in [3.05, 3.63) is 16.1 Å². The Morgan fingerprint density at radius 3 is 2.76 bits per heavy atom. The molecular formula is C14H20ClN3O2S. The smallest absolute Gasteiger partial charge is 0.323 e. The molecule has 5 nitrogen and oxygen atoms in total. The van der Waals surface area contributed by atoms with Crippen LogP contribution < -0.4 is 5.32 Å². The van der Waals surface area contributed by atoms with Crippen molar-refractivity contribution < 1.29 is 9.59 Å². The lowest BCUT2D eigenvalue weighted by atomic mass is 9.99. The number of amides is 3. The third-order valence-corrected chi connectivity index (χ3v) is 5.04. The summed E-state index contributed by atoms with van der Waals surface area (Å²) in [4.78, 5) is 29.7. The molecule has 2 heterocycles. The van der Waals surface area contributed by atoms with E-state index in [1.807, 2.05) is 12.3 Å². The van der Waals surface area contributed by atoms with Gasteiger partial charge in [-0.05, 0) is 32.6 Å². The number of nitrogens with one attached hydrogen (secondary N) is 1. The third-order valence-electron chi connectivity index (χ3n) is 3.81. The monoisotopic (exact) mass is 329 g/mol. The number of hydrogen-bond acceptors (Lipinski definition) is 4. The van der Waals surface area contributed by atoms with Crippen molar-refractivity contribution in [3.63, 3.8) is 0 Å². The van der Waals surface area contributed by atoms with Gasteiger partial charge in [-0.15, -0.1) is 22.9 Å². The quantitative estimate of drug-likeness (QED) is 0.475. The summed E-state index contributed by atoms with van der Waals surface area (Å²) in [6.45, 7) is 4.14. The minimum atomic E-state index is -0.734. The van der Waals surface area contributed by atoms with Gasteiger partial charge in [0.05, 0.1) is 16.6 Å². The molecule has 1 aliphatic rings. The average molecular weight is 330 g/mol. The van der Waals surface area contributed by atoms with Gasteiger partial charge in [0.2, 0.25) is 0 Å². The summed E-state index contributed by atoms with van der Waals surface area (Å²) in [6, 6.07) is -0.275. The van der Waals surface area contributed by atoms with Crippen LogP contribution in [0, 0.1) is 0 Å². The van der Waals surface area contributed by atoms with Gasteiger partial charge >= 0.3 is 6.03 Å². The second kappa shape index (κ2) is 6.75. The summed E-state index contributed by atoms with van der Waals surface area (Å²) in [5.41, 5.74) is 0.172. The molecule has 1 N–H and O–H groups in total. The number of hydrogen-bond donors (Lipinski definition) is 1. The van der Waals surface area contributed by atoms with Crippen LogP contribution in [0.25, 0.3) is 0 Å². The van der Waals surface area contributed by atoms with E-state index in [2.05, 4.69) is 10.3 Å². The van der Waals surface area contributed by atoms with E-state index in [1.54, 1.807) is 18.3 Å². The van der Waals surface area contributed by atoms with Gasteiger partial charge in [-0.25, -0.2) is 9.78 Å². The number of rotatable bonds is 7. The van der Waals surface area contributed by atoms with Crippen LogP contribution >= 0.6 is 22.9 Å². The first-order valence-corrected chi connectivity index (χ1v) is 8.55. The van der Waals surface area contributed by atoms with Crippen molar-refractivity contribution in [2.24, 2.45) is 0 Å². The molecule has 0 bridgehead atoms. The molecule has 1 aromatic rings. The number of aromatic nitrogens is 1. The highest BCUT2D eigenvalue weighted by molar-refractivity contribution is 7.09.